The van der Waals surface area contributed by atoms with Crippen LogP contribution in [-0.4, -0.2) is 47.6 Å². The number of carbonyl (C=O) groups is 1. The first-order valence-corrected chi connectivity index (χ1v) is 6.39. The predicted molar refractivity (Wildman–Crippen MR) is 75.9 cm³/mol. The van der Waals surface area contributed by atoms with Crippen molar-refractivity contribution in [3.8, 4) is 0 Å². The maximum atomic E-state index is 12.2. The number of nitrogens with zero attached hydrogens (tertiary/aromatic N) is 2. The number of aliphatic hydroxyl groups is 1. The molecule has 20 heavy (non-hydrogen) atoms. The van der Waals surface area contributed by atoms with Gasteiger partial charge in [0.05, 0.1) is 11.5 Å². The summed E-state index contributed by atoms with van der Waals surface area (Å²) in [6.07, 6.45) is 0.907. The molecule has 0 radical (unpaired) electrons. The molecule has 0 fully saturated rings. The van der Waals surface area contributed by atoms with E-state index in [1.54, 1.807) is 6.07 Å². The largest absolute Gasteiger partial charge is 0.395 e. The van der Waals surface area contributed by atoms with Crippen molar-refractivity contribution in [1.29, 1.82) is 0 Å². The van der Waals surface area contributed by atoms with Crippen LogP contribution in [0.15, 0.2) is 18.2 Å². The molecule has 110 valence electrons. The average Bonchev–Trinajstić information content (AvgIpc) is 2.44. The van der Waals surface area contributed by atoms with E-state index in [1.165, 1.54) is 24.1 Å². The van der Waals surface area contributed by atoms with E-state index in [-0.39, 0.29) is 24.4 Å². The summed E-state index contributed by atoms with van der Waals surface area (Å²) < 4.78 is 0. The number of likely N-dealkylation sites (N-methyl/N-ethyl adjacent to an activating group) is 1. The zero-order valence-corrected chi connectivity index (χ0v) is 11.6. The van der Waals surface area contributed by atoms with Crippen molar-refractivity contribution in [3.63, 3.8) is 0 Å². The number of hydrogen-bond acceptors (Lipinski definition) is 5. The molecule has 0 heterocycles. The summed E-state index contributed by atoms with van der Waals surface area (Å²) in [6.45, 7) is 2.66. The first kappa shape index (κ1) is 15.9. The minimum Gasteiger partial charge on any atom is -0.395 e. The summed E-state index contributed by atoms with van der Waals surface area (Å²) in [7, 11) is 1.49. The van der Waals surface area contributed by atoms with Gasteiger partial charge in [0.25, 0.3) is 11.6 Å². The molecule has 0 atom stereocenters. The molecule has 1 amide bonds. The average molecular weight is 281 g/mol. The van der Waals surface area contributed by atoms with Gasteiger partial charge < -0.3 is 15.3 Å². The van der Waals surface area contributed by atoms with Crippen LogP contribution in [0.1, 0.15) is 23.7 Å². The molecule has 0 bridgehead atoms. The number of nitro groups is 1. The Morgan fingerprint density at radius 3 is 2.75 bits per heavy atom. The van der Waals surface area contributed by atoms with Crippen LogP contribution < -0.4 is 5.32 Å². The van der Waals surface area contributed by atoms with Gasteiger partial charge in [0.15, 0.2) is 0 Å². The van der Waals surface area contributed by atoms with E-state index in [2.05, 4.69) is 5.32 Å². The third-order valence-corrected chi connectivity index (χ3v) is 2.78. The van der Waals surface area contributed by atoms with E-state index in [1.807, 2.05) is 6.92 Å². The minimum absolute atomic E-state index is 0.0204. The minimum atomic E-state index is -0.580. The molecule has 0 unspecified atom stereocenters. The predicted octanol–water partition coefficient (Wildman–Crippen LogP) is 1.48. The van der Waals surface area contributed by atoms with Gasteiger partial charge in [0.2, 0.25) is 0 Å². The highest BCUT2D eigenvalue weighted by Crippen LogP contribution is 2.24. The van der Waals surface area contributed by atoms with Gasteiger partial charge in [-0.15, -0.1) is 0 Å². The van der Waals surface area contributed by atoms with E-state index >= 15 is 0 Å². The Morgan fingerprint density at radius 2 is 2.20 bits per heavy atom. The van der Waals surface area contributed by atoms with E-state index in [9.17, 15) is 14.9 Å². The Hall–Kier alpha value is -2.15. The van der Waals surface area contributed by atoms with Gasteiger partial charge in [0.1, 0.15) is 5.56 Å². The first-order valence-electron chi connectivity index (χ1n) is 6.39. The molecular weight excluding hydrogens is 262 g/mol. The van der Waals surface area contributed by atoms with Crippen LogP contribution in [0, 0.1) is 10.1 Å². The van der Waals surface area contributed by atoms with Crippen LogP contribution in [0.2, 0.25) is 0 Å². The fraction of sp³-hybridized carbons (Fsp3) is 0.462. The normalized spacial score (nSPS) is 10.2. The van der Waals surface area contributed by atoms with Crippen molar-refractivity contribution in [2.45, 2.75) is 13.3 Å². The number of amides is 1. The molecule has 0 aliphatic carbocycles. The highest BCUT2D eigenvalue weighted by Gasteiger charge is 2.23. The lowest BCUT2D eigenvalue weighted by atomic mass is 10.1. The van der Waals surface area contributed by atoms with Gasteiger partial charge in [0, 0.05) is 31.9 Å². The molecule has 7 heteroatoms. The Bertz CT molecular complexity index is 491. The van der Waals surface area contributed by atoms with E-state index in [0.29, 0.717) is 5.69 Å². The highest BCUT2D eigenvalue weighted by atomic mass is 16.6. The molecule has 0 aliphatic rings. The smallest absolute Gasteiger partial charge is 0.282 e. The topological polar surface area (TPSA) is 95.7 Å². The molecule has 1 aromatic carbocycles. The lowest BCUT2D eigenvalue weighted by molar-refractivity contribution is -0.385. The highest BCUT2D eigenvalue weighted by molar-refractivity contribution is 5.99. The Kier molecular flexibility index (Phi) is 5.92. The van der Waals surface area contributed by atoms with Crippen LogP contribution in [0.25, 0.3) is 0 Å². The van der Waals surface area contributed by atoms with Crippen LogP contribution in [0.5, 0.6) is 0 Å². The standard InChI is InChI=1S/C13H19N3O4/c1-3-6-14-10-4-5-12(16(19)20)11(9-10)13(18)15(2)7-8-17/h4-5,9,14,17H,3,6-8H2,1-2H3. The molecule has 0 aliphatic heterocycles. The Morgan fingerprint density at radius 1 is 1.50 bits per heavy atom. The molecule has 1 aromatic rings. The lowest BCUT2D eigenvalue weighted by Crippen LogP contribution is -2.30. The van der Waals surface area contributed by atoms with Crippen LogP contribution in [-0.2, 0) is 0 Å². The number of benzene rings is 1. The molecule has 0 spiro atoms. The second-order valence-corrected chi connectivity index (χ2v) is 4.37. The maximum Gasteiger partial charge on any atom is 0.282 e. The molecular formula is C13H19N3O4. The number of carbonyl (C=O) groups excluding carboxylic acids is 1. The van der Waals surface area contributed by atoms with E-state index in [4.69, 9.17) is 5.11 Å². The Labute approximate surface area is 117 Å². The van der Waals surface area contributed by atoms with Crippen LogP contribution >= 0.6 is 0 Å². The summed E-state index contributed by atoms with van der Waals surface area (Å²) in [5.41, 5.74) is 0.451. The fourth-order valence-corrected chi connectivity index (χ4v) is 1.70. The van der Waals surface area contributed by atoms with E-state index in [0.717, 1.165) is 13.0 Å². The van der Waals surface area contributed by atoms with Gasteiger partial charge in [-0.1, -0.05) is 6.92 Å². The van der Waals surface area contributed by atoms with Gasteiger partial charge in [-0.05, 0) is 18.6 Å². The van der Waals surface area contributed by atoms with Crippen molar-refractivity contribution < 1.29 is 14.8 Å². The summed E-state index contributed by atoms with van der Waals surface area (Å²) in [6, 6.07) is 4.37. The van der Waals surface area contributed by atoms with Crippen LogP contribution in [0.3, 0.4) is 0 Å². The Balaban J connectivity index is 3.11. The number of rotatable bonds is 7. The van der Waals surface area contributed by atoms with Gasteiger partial charge >= 0.3 is 0 Å². The van der Waals surface area contributed by atoms with Crippen molar-refractivity contribution in [3.05, 3.63) is 33.9 Å². The molecule has 0 saturated carbocycles. The summed E-state index contributed by atoms with van der Waals surface area (Å²) in [5, 5.41) is 22.9. The second kappa shape index (κ2) is 7.44. The number of nitrogens with one attached hydrogen (secondary N) is 1. The number of aliphatic hydroxyl groups excluding tert-OH is 1. The van der Waals surface area contributed by atoms with Crippen molar-refractivity contribution >= 4 is 17.3 Å². The quantitative estimate of drug-likeness (QED) is 0.583. The number of anilines is 1. The zero-order valence-electron chi connectivity index (χ0n) is 11.6. The van der Waals surface area contributed by atoms with Crippen molar-refractivity contribution in [2.75, 3.05) is 32.1 Å². The molecule has 7 nitrogen and oxygen atoms in total. The molecule has 2 N–H and O–H groups in total. The number of nitro benzene ring substituents is 1. The third-order valence-electron chi connectivity index (χ3n) is 2.78. The van der Waals surface area contributed by atoms with Crippen LogP contribution in [0.4, 0.5) is 11.4 Å². The molecule has 1 rings (SSSR count). The first-order chi connectivity index (χ1) is 9.51. The molecule has 0 aromatic heterocycles. The summed E-state index contributed by atoms with van der Waals surface area (Å²) in [4.78, 5) is 23.8. The van der Waals surface area contributed by atoms with Gasteiger partial charge in [-0.3, -0.25) is 14.9 Å². The van der Waals surface area contributed by atoms with Crippen molar-refractivity contribution in [2.24, 2.45) is 0 Å². The lowest BCUT2D eigenvalue weighted by Gasteiger charge is -2.16. The third kappa shape index (κ3) is 3.92. The molecule has 0 saturated heterocycles. The van der Waals surface area contributed by atoms with Gasteiger partial charge in [-0.25, -0.2) is 0 Å². The second-order valence-electron chi connectivity index (χ2n) is 4.37. The summed E-state index contributed by atoms with van der Waals surface area (Å²) in [5.74, 6) is -0.481. The van der Waals surface area contributed by atoms with Crippen molar-refractivity contribution in [1.82, 2.24) is 4.90 Å². The van der Waals surface area contributed by atoms with Gasteiger partial charge in [-0.2, -0.15) is 0 Å². The summed E-state index contributed by atoms with van der Waals surface area (Å²) >= 11 is 0. The maximum absolute atomic E-state index is 12.2. The zero-order chi connectivity index (χ0) is 15.1. The monoisotopic (exact) mass is 281 g/mol. The van der Waals surface area contributed by atoms with E-state index < -0.39 is 10.8 Å². The fourth-order valence-electron chi connectivity index (χ4n) is 1.70. The SMILES string of the molecule is CCCNc1ccc([N+](=O)[O-])c(C(=O)N(C)CCO)c1. The number of hydrogen-bond donors (Lipinski definition) is 2.